The maximum atomic E-state index is 13.3. The molecule has 1 fully saturated rings. The highest BCUT2D eigenvalue weighted by molar-refractivity contribution is 5.96. The molecule has 0 radical (unpaired) electrons. The van der Waals surface area contributed by atoms with Crippen molar-refractivity contribution in [2.45, 2.75) is 33.2 Å². The van der Waals surface area contributed by atoms with Crippen LogP contribution in [0.4, 0.5) is 15.8 Å². The van der Waals surface area contributed by atoms with Crippen molar-refractivity contribution in [1.29, 1.82) is 0 Å². The summed E-state index contributed by atoms with van der Waals surface area (Å²) in [5.74, 6) is -0.233. The summed E-state index contributed by atoms with van der Waals surface area (Å²) in [6, 6.07) is 10.5. The Bertz CT molecular complexity index is 867. The van der Waals surface area contributed by atoms with Crippen LogP contribution < -0.4 is 15.5 Å². The summed E-state index contributed by atoms with van der Waals surface area (Å²) >= 11 is 0. The molecule has 1 saturated heterocycles. The number of anilines is 2. The normalized spacial score (nSPS) is 13.7. The van der Waals surface area contributed by atoms with E-state index < -0.39 is 0 Å². The van der Waals surface area contributed by atoms with E-state index in [1.165, 1.54) is 6.07 Å². The Morgan fingerprint density at radius 3 is 2.63 bits per heavy atom. The molecule has 0 unspecified atom stereocenters. The Morgan fingerprint density at radius 1 is 1.15 bits per heavy atom. The highest BCUT2D eigenvalue weighted by atomic mass is 19.1. The number of carbonyl (C=O) groups is 2. The molecule has 27 heavy (non-hydrogen) atoms. The zero-order valence-corrected chi connectivity index (χ0v) is 15.6. The molecule has 0 aliphatic carbocycles. The molecule has 2 aromatic rings. The minimum atomic E-state index is -0.249. The van der Waals surface area contributed by atoms with Crippen molar-refractivity contribution in [1.82, 2.24) is 5.32 Å². The van der Waals surface area contributed by atoms with Crippen molar-refractivity contribution in [3.8, 4) is 0 Å². The average molecular weight is 369 g/mol. The Balaban J connectivity index is 1.52. The van der Waals surface area contributed by atoms with E-state index in [2.05, 4.69) is 10.6 Å². The van der Waals surface area contributed by atoms with Crippen LogP contribution in [-0.2, 0) is 16.1 Å². The number of amides is 2. The lowest BCUT2D eigenvalue weighted by Crippen LogP contribution is -2.29. The number of hydrogen-bond donors (Lipinski definition) is 2. The molecule has 0 atom stereocenters. The number of aryl methyl sites for hydroxylation is 2. The second kappa shape index (κ2) is 8.20. The number of rotatable bonds is 6. The number of carbonyl (C=O) groups excluding carboxylic acids is 2. The van der Waals surface area contributed by atoms with E-state index in [9.17, 15) is 14.0 Å². The first-order valence-electron chi connectivity index (χ1n) is 9.10. The lowest BCUT2D eigenvalue weighted by Gasteiger charge is -2.19. The SMILES string of the molecule is Cc1cc(CNC(=O)CNc2ccc(N3CCCC3=O)c(C)c2)ccc1F. The lowest BCUT2D eigenvalue weighted by atomic mass is 10.1. The largest absolute Gasteiger partial charge is 0.376 e. The summed E-state index contributed by atoms with van der Waals surface area (Å²) in [4.78, 5) is 25.8. The van der Waals surface area contributed by atoms with Crippen molar-refractivity contribution in [3.63, 3.8) is 0 Å². The topological polar surface area (TPSA) is 61.4 Å². The standard InChI is InChI=1S/C21H24FN3O2/c1-14-10-16(5-7-18(14)22)12-24-20(26)13-23-17-6-8-19(15(2)11-17)25-9-3-4-21(25)27/h5-8,10-11,23H,3-4,9,12-13H2,1-2H3,(H,24,26). The summed E-state index contributed by atoms with van der Waals surface area (Å²) < 4.78 is 13.3. The molecule has 0 saturated carbocycles. The summed E-state index contributed by atoms with van der Waals surface area (Å²) in [6.45, 7) is 4.92. The number of halogens is 1. The molecular weight excluding hydrogens is 345 g/mol. The van der Waals surface area contributed by atoms with Crippen LogP contribution in [0.5, 0.6) is 0 Å². The van der Waals surface area contributed by atoms with Crippen LogP contribution >= 0.6 is 0 Å². The molecule has 5 nitrogen and oxygen atoms in total. The molecular formula is C21H24FN3O2. The van der Waals surface area contributed by atoms with Crippen molar-refractivity contribution in [3.05, 3.63) is 58.9 Å². The van der Waals surface area contributed by atoms with Crippen LogP contribution in [0.2, 0.25) is 0 Å². The smallest absolute Gasteiger partial charge is 0.239 e. The van der Waals surface area contributed by atoms with Crippen LogP contribution in [0.1, 0.15) is 29.5 Å². The van der Waals surface area contributed by atoms with E-state index in [-0.39, 0.29) is 24.2 Å². The lowest BCUT2D eigenvalue weighted by molar-refractivity contribution is -0.119. The van der Waals surface area contributed by atoms with Gasteiger partial charge < -0.3 is 15.5 Å². The maximum Gasteiger partial charge on any atom is 0.239 e. The fraction of sp³-hybridized carbons (Fsp3) is 0.333. The van der Waals surface area contributed by atoms with Gasteiger partial charge in [0, 0.05) is 30.9 Å². The molecule has 1 heterocycles. The van der Waals surface area contributed by atoms with Gasteiger partial charge in [-0.2, -0.15) is 0 Å². The van der Waals surface area contributed by atoms with Gasteiger partial charge in [0.15, 0.2) is 0 Å². The van der Waals surface area contributed by atoms with Gasteiger partial charge in [-0.1, -0.05) is 12.1 Å². The summed E-state index contributed by atoms with van der Waals surface area (Å²) in [5, 5.41) is 5.91. The highest BCUT2D eigenvalue weighted by Crippen LogP contribution is 2.27. The van der Waals surface area contributed by atoms with Crippen LogP contribution in [0, 0.1) is 19.7 Å². The van der Waals surface area contributed by atoms with E-state index in [1.807, 2.05) is 30.0 Å². The minimum absolute atomic E-state index is 0.140. The van der Waals surface area contributed by atoms with E-state index in [0.29, 0.717) is 18.5 Å². The van der Waals surface area contributed by atoms with Crippen molar-refractivity contribution in [2.75, 3.05) is 23.3 Å². The third kappa shape index (κ3) is 4.64. The molecule has 3 rings (SSSR count). The van der Waals surface area contributed by atoms with E-state index in [1.54, 1.807) is 19.1 Å². The quantitative estimate of drug-likeness (QED) is 0.821. The average Bonchev–Trinajstić information content (AvgIpc) is 3.07. The first-order chi connectivity index (χ1) is 12.9. The first kappa shape index (κ1) is 18.9. The first-order valence-corrected chi connectivity index (χ1v) is 9.10. The molecule has 2 aromatic carbocycles. The molecule has 0 spiro atoms. The van der Waals surface area contributed by atoms with Gasteiger partial charge in [0.05, 0.1) is 6.54 Å². The van der Waals surface area contributed by atoms with Crippen molar-refractivity contribution < 1.29 is 14.0 Å². The van der Waals surface area contributed by atoms with Gasteiger partial charge in [-0.15, -0.1) is 0 Å². The number of nitrogens with one attached hydrogen (secondary N) is 2. The molecule has 142 valence electrons. The predicted octanol–water partition coefficient (Wildman–Crippen LogP) is 3.30. The molecule has 0 bridgehead atoms. The van der Waals surface area contributed by atoms with Crippen LogP contribution in [0.25, 0.3) is 0 Å². The monoisotopic (exact) mass is 369 g/mol. The van der Waals surface area contributed by atoms with Gasteiger partial charge in [-0.3, -0.25) is 9.59 Å². The number of nitrogens with zero attached hydrogens (tertiary/aromatic N) is 1. The van der Waals surface area contributed by atoms with E-state index in [0.717, 1.165) is 35.5 Å². The van der Waals surface area contributed by atoms with Crippen molar-refractivity contribution >= 4 is 23.2 Å². The predicted molar refractivity (Wildman–Crippen MR) is 104 cm³/mol. The number of hydrogen-bond acceptors (Lipinski definition) is 3. The van der Waals surface area contributed by atoms with Gasteiger partial charge in [0.1, 0.15) is 5.82 Å². The molecule has 6 heteroatoms. The Morgan fingerprint density at radius 2 is 1.96 bits per heavy atom. The Kier molecular flexibility index (Phi) is 5.74. The third-order valence-electron chi connectivity index (χ3n) is 4.73. The minimum Gasteiger partial charge on any atom is -0.376 e. The maximum absolute atomic E-state index is 13.3. The van der Waals surface area contributed by atoms with Crippen LogP contribution in [-0.4, -0.2) is 24.9 Å². The van der Waals surface area contributed by atoms with Gasteiger partial charge in [-0.05, 0) is 61.2 Å². The van der Waals surface area contributed by atoms with E-state index >= 15 is 0 Å². The van der Waals surface area contributed by atoms with Gasteiger partial charge in [0.2, 0.25) is 11.8 Å². The molecule has 2 N–H and O–H groups in total. The summed E-state index contributed by atoms with van der Waals surface area (Å²) in [6.07, 6.45) is 1.50. The summed E-state index contributed by atoms with van der Waals surface area (Å²) in [5.41, 5.74) is 4.18. The fourth-order valence-corrected chi connectivity index (χ4v) is 3.23. The molecule has 1 aliphatic heterocycles. The van der Waals surface area contributed by atoms with Gasteiger partial charge in [0.25, 0.3) is 0 Å². The van der Waals surface area contributed by atoms with Crippen LogP contribution in [0.15, 0.2) is 36.4 Å². The second-order valence-corrected chi connectivity index (χ2v) is 6.86. The molecule has 2 amide bonds. The fourth-order valence-electron chi connectivity index (χ4n) is 3.23. The zero-order valence-electron chi connectivity index (χ0n) is 15.6. The van der Waals surface area contributed by atoms with Gasteiger partial charge >= 0.3 is 0 Å². The second-order valence-electron chi connectivity index (χ2n) is 6.86. The molecule has 1 aliphatic rings. The summed E-state index contributed by atoms with van der Waals surface area (Å²) in [7, 11) is 0. The van der Waals surface area contributed by atoms with E-state index in [4.69, 9.17) is 0 Å². The number of benzene rings is 2. The van der Waals surface area contributed by atoms with Gasteiger partial charge in [-0.25, -0.2) is 4.39 Å². The highest BCUT2D eigenvalue weighted by Gasteiger charge is 2.22. The molecule has 0 aromatic heterocycles. The Labute approximate surface area is 158 Å². The third-order valence-corrected chi connectivity index (χ3v) is 4.73. The zero-order chi connectivity index (χ0) is 19.4. The van der Waals surface area contributed by atoms with Crippen LogP contribution in [0.3, 0.4) is 0 Å². The van der Waals surface area contributed by atoms with Crippen molar-refractivity contribution in [2.24, 2.45) is 0 Å². The Hall–Kier alpha value is -2.89.